The van der Waals surface area contributed by atoms with Crippen molar-refractivity contribution in [3.63, 3.8) is 0 Å². The van der Waals surface area contributed by atoms with Gasteiger partial charge in [0, 0.05) is 17.8 Å². The van der Waals surface area contributed by atoms with Crippen LogP contribution in [0.4, 0.5) is 4.39 Å². The number of carbonyl (C=O) groups is 1. The lowest BCUT2D eigenvalue weighted by molar-refractivity contribution is 0.0946. The molecule has 1 aromatic carbocycles. The third kappa shape index (κ3) is 3.05. The molecule has 0 atom stereocenters. The zero-order valence-corrected chi connectivity index (χ0v) is 10.1. The first-order valence-corrected chi connectivity index (χ1v) is 5.67. The molecule has 0 spiro atoms. The number of rotatable bonds is 3. The molecule has 5 heteroatoms. The van der Waals surface area contributed by atoms with Gasteiger partial charge in [-0.15, -0.1) is 0 Å². The number of carbonyl (C=O) groups excluding carboxylic acids is 1. The first-order chi connectivity index (χ1) is 8.66. The van der Waals surface area contributed by atoms with E-state index in [1.54, 1.807) is 18.2 Å². The number of aromatic nitrogens is 1. The molecule has 3 nitrogen and oxygen atoms in total. The number of halogens is 2. The monoisotopic (exact) mass is 264 g/mol. The van der Waals surface area contributed by atoms with Gasteiger partial charge in [0.1, 0.15) is 0 Å². The summed E-state index contributed by atoms with van der Waals surface area (Å²) in [5.41, 5.74) is 0.831. The summed E-state index contributed by atoms with van der Waals surface area (Å²) in [4.78, 5) is 15.3. The average molecular weight is 265 g/mol. The van der Waals surface area contributed by atoms with Gasteiger partial charge in [-0.1, -0.05) is 23.7 Å². The Morgan fingerprint density at radius 3 is 2.94 bits per heavy atom. The molecule has 0 unspecified atom stereocenters. The highest BCUT2D eigenvalue weighted by Gasteiger charge is 2.10. The van der Waals surface area contributed by atoms with Crippen LogP contribution in [0.1, 0.15) is 15.9 Å². The molecule has 1 aromatic heterocycles. The molecule has 0 saturated carbocycles. The normalized spacial score (nSPS) is 10.1. The second-order valence-corrected chi connectivity index (χ2v) is 4.10. The van der Waals surface area contributed by atoms with Gasteiger partial charge in [-0.2, -0.15) is 0 Å². The van der Waals surface area contributed by atoms with Gasteiger partial charge in [-0.25, -0.2) is 4.39 Å². The fraction of sp³-hybridized carbons (Fsp3) is 0.0769. The van der Waals surface area contributed by atoms with Crippen molar-refractivity contribution in [1.29, 1.82) is 0 Å². The van der Waals surface area contributed by atoms with Crippen molar-refractivity contribution in [3.8, 4) is 0 Å². The van der Waals surface area contributed by atoms with Crippen molar-refractivity contribution in [2.45, 2.75) is 6.54 Å². The SMILES string of the molecule is O=C(NCc1cccc(Cl)c1)c1ccncc1F. The minimum Gasteiger partial charge on any atom is -0.348 e. The molecule has 1 amide bonds. The highest BCUT2D eigenvalue weighted by molar-refractivity contribution is 6.30. The second-order valence-electron chi connectivity index (χ2n) is 3.67. The highest BCUT2D eigenvalue weighted by Crippen LogP contribution is 2.11. The van der Waals surface area contributed by atoms with E-state index in [0.29, 0.717) is 11.6 Å². The molecule has 1 N–H and O–H groups in total. The van der Waals surface area contributed by atoms with Crippen LogP contribution < -0.4 is 5.32 Å². The number of hydrogen-bond donors (Lipinski definition) is 1. The molecule has 0 radical (unpaired) electrons. The van der Waals surface area contributed by atoms with E-state index in [1.165, 1.54) is 12.3 Å². The maximum atomic E-state index is 13.3. The average Bonchev–Trinajstić information content (AvgIpc) is 2.37. The molecule has 92 valence electrons. The molecule has 0 bridgehead atoms. The first kappa shape index (κ1) is 12.5. The van der Waals surface area contributed by atoms with Crippen LogP contribution in [-0.4, -0.2) is 10.9 Å². The van der Waals surface area contributed by atoms with Gasteiger partial charge in [0.25, 0.3) is 5.91 Å². The van der Waals surface area contributed by atoms with E-state index in [1.807, 2.05) is 6.07 Å². The van der Waals surface area contributed by atoms with Gasteiger partial charge >= 0.3 is 0 Å². The number of benzene rings is 1. The van der Waals surface area contributed by atoms with Crippen LogP contribution in [0.25, 0.3) is 0 Å². The van der Waals surface area contributed by atoms with Crippen LogP contribution in [0.2, 0.25) is 5.02 Å². The van der Waals surface area contributed by atoms with Crippen molar-refractivity contribution in [2.24, 2.45) is 0 Å². The van der Waals surface area contributed by atoms with E-state index < -0.39 is 11.7 Å². The molecule has 2 aromatic rings. The van der Waals surface area contributed by atoms with Crippen molar-refractivity contribution in [2.75, 3.05) is 0 Å². The van der Waals surface area contributed by atoms with Crippen LogP contribution in [-0.2, 0) is 6.54 Å². The predicted octanol–water partition coefficient (Wildman–Crippen LogP) is 2.80. The van der Waals surface area contributed by atoms with Crippen molar-refractivity contribution in [1.82, 2.24) is 10.3 Å². The van der Waals surface area contributed by atoms with Crippen molar-refractivity contribution in [3.05, 3.63) is 64.7 Å². The Kier molecular flexibility index (Phi) is 3.89. The highest BCUT2D eigenvalue weighted by atomic mass is 35.5. The maximum Gasteiger partial charge on any atom is 0.254 e. The molecule has 0 saturated heterocycles. The van der Waals surface area contributed by atoms with Gasteiger partial charge in [0.15, 0.2) is 5.82 Å². The molecule has 0 aliphatic carbocycles. The standard InChI is InChI=1S/C13H10ClFN2O/c14-10-3-1-2-9(6-10)7-17-13(18)11-4-5-16-8-12(11)15/h1-6,8H,7H2,(H,17,18). The smallest absolute Gasteiger partial charge is 0.254 e. The Morgan fingerprint density at radius 1 is 1.39 bits per heavy atom. The van der Waals surface area contributed by atoms with E-state index in [0.717, 1.165) is 11.8 Å². The van der Waals surface area contributed by atoms with E-state index in [2.05, 4.69) is 10.3 Å². The Labute approximate surface area is 109 Å². The largest absolute Gasteiger partial charge is 0.348 e. The summed E-state index contributed by atoms with van der Waals surface area (Å²) in [6, 6.07) is 8.44. The van der Waals surface area contributed by atoms with Gasteiger partial charge in [-0.3, -0.25) is 9.78 Å². The van der Waals surface area contributed by atoms with Crippen LogP contribution in [0.15, 0.2) is 42.7 Å². The van der Waals surface area contributed by atoms with Gasteiger partial charge in [-0.05, 0) is 23.8 Å². The summed E-state index contributed by atoms with van der Waals surface area (Å²) in [6.07, 6.45) is 2.38. The van der Waals surface area contributed by atoms with Crippen LogP contribution in [0.3, 0.4) is 0 Å². The van der Waals surface area contributed by atoms with Gasteiger partial charge < -0.3 is 5.32 Å². The fourth-order valence-electron chi connectivity index (χ4n) is 1.48. The minimum absolute atomic E-state index is 0.0213. The Bertz CT molecular complexity index is 574. The number of pyridine rings is 1. The summed E-state index contributed by atoms with van der Waals surface area (Å²) in [5, 5.41) is 3.21. The Morgan fingerprint density at radius 2 is 2.22 bits per heavy atom. The van der Waals surface area contributed by atoms with Crippen LogP contribution in [0.5, 0.6) is 0 Å². The van der Waals surface area contributed by atoms with Gasteiger partial charge in [0.2, 0.25) is 0 Å². The molecule has 0 aliphatic rings. The molecular formula is C13H10ClFN2O. The zero-order valence-electron chi connectivity index (χ0n) is 9.36. The van der Waals surface area contributed by atoms with E-state index in [4.69, 9.17) is 11.6 Å². The summed E-state index contributed by atoms with van der Waals surface area (Å²) >= 11 is 5.82. The summed E-state index contributed by atoms with van der Waals surface area (Å²) in [5.74, 6) is -1.11. The topological polar surface area (TPSA) is 42.0 Å². The summed E-state index contributed by atoms with van der Waals surface area (Å²) in [6.45, 7) is 0.293. The Balaban J connectivity index is 2.03. The van der Waals surface area contributed by atoms with Gasteiger partial charge in [0.05, 0.1) is 11.8 Å². The number of amides is 1. The third-order valence-corrected chi connectivity index (χ3v) is 2.59. The van der Waals surface area contributed by atoms with Crippen LogP contribution >= 0.6 is 11.6 Å². The Hall–Kier alpha value is -1.94. The molecule has 2 rings (SSSR count). The lowest BCUT2D eigenvalue weighted by Crippen LogP contribution is -2.23. The van der Waals surface area contributed by atoms with Crippen molar-refractivity contribution >= 4 is 17.5 Å². The van der Waals surface area contributed by atoms with E-state index >= 15 is 0 Å². The minimum atomic E-state index is -0.638. The van der Waals surface area contributed by atoms with Crippen molar-refractivity contribution < 1.29 is 9.18 Å². The fourth-order valence-corrected chi connectivity index (χ4v) is 1.70. The lowest BCUT2D eigenvalue weighted by Gasteiger charge is -2.06. The number of nitrogens with zero attached hydrogens (tertiary/aromatic N) is 1. The first-order valence-electron chi connectivity index (χ1n) is 5.29. The summed E-state index contributed by atoms with van der Waals surface area (Å²) in [7, 11) is 0. The summed E-state index contributed by atoms with van der Waals surface area (Å²) < 4.78 is 13.3. The van der Waals surface area contributed by atoms with E-state index in [9.17, 15) is 9.18 Å². The lowest BCUT2D eigenvalue weighted by atomic mass is 10.2. The zero-order chi connectivity index (χ0) is 13.0. The molecule has 0 aliphatic heterocycles. The molecule has 0 fully saturated rings. The molecular weight excluding hydrogens is 255 g/mol. The predicted molar refractivity (Wildman–Crippen MR) is 66.8 cm³/mol. The maximum absolute atomic E-state index is 13.3. The molecule has 1 heterocycles. The molecule has 18 heavy (non-hydrogen) atoms. The number of hydrogen-bond acceptors (Lipinski definition) is 2. The number of nitrogens with one attached hydrogen (secondary N) is 1. The quantitative estimate of drug-likeness (QED) is 0.926. The third-order valence-electron chi connectivity index (χ3n) is 2.36. The van der Waals surface area contributed by atoms with E-state index in [-0.39, 0.29) is 5.56 Å². The second kappa shape index (κ2) is 5.60. The van der Waals surface area contributed by atoms with Crippen LogP contribution in [0, 0.1) is 5.82 Å².